The van der Waals surface area contributed by atoms with E-state index in [0.717, 1.165) is 64.8 Å². The van der Waals surface area contributed by atoms with E-state index in [1.165, 1.54) is 0 Å². The molecule has 0 unspecified atom stereocenters. The molecular weight excluding hydrogens is 438 g/mol. The second-order valence-corrected chi connectivity index (χ2v) is 9.83. The average molecular weight is 476 g/mol. The molecule has 2 saturated carbocycles. The van der Waals surface area contributed by atoms with Crippen molar-refractivity contribution in [2.45, 2.75) is 64.1 Å². The van der Waals surface area contributed by atoms with Crippen LogP contribution in [0, 0.1) is 11.3 Å². The van der Waals surface area contributed by atoms with Crippen LogP contribution in [-0.4, -0.2) is 94.4 Å². The first-order chi connectivity index (χ1) is 16.5. The summed E-state index contributed by atoms with van der Waals surface area (Å²) in [6.45, 7) is 7.25. The van der Waals surface area contributed by atoms with Crippen LogP contribution in [0.15, 0.2) is 12.3 Å². The molecule has 0 aromatic carbocycles. The van der Waals surface area contributed by atoms with Gasteiger partial charge in [0.2, 0.25) is 5.91 Å². The number of likely N-dealkylation sites (tertiary alicyclic amines) is 1. The maximum Gasteiger partial charge on any atom is 0.290 e. The van der Waals surface area contributed by atoms with Gasteiger partial charge in [-0.05, 0) is 57.4 Å². The number of nitrogens with one attached hydrogen (secondary N) is 1. The van der Waals surface area contributed by atoms with Crippen LogP contribution < -0.4 is 5.32 Å². The van der Waals surface area contributed by atoms with E-state index in [4.69, 9.17) is 14.6 Å². The summed E-state index contributed by atoms with van der Waals surface area (Å²) in [6.07, 6.45) is 7.67. The smallest absolute Gasteiger partial charge is 0.290 e. The molecular formula is C24H37N5O5. The number of aromatic nitrogens is 2. The van der Waals surface area contributed by atoms with E-state index < -0.39 is 5.41 Å². The molecule has 3 heterocycles. The highest BCUT2D eigenvalue weighted by molar-refractivity contribution is 5.93. The van der Waals surface area contributed by atoms with E-state index in [2.05, 4.69) is 15.3 Å². The van der Waals surface area contributed by atoms with Gasteiger partial charge in [-0.2, -0.15) is 5.10 Å². The highest BCUT2D eigenvalue weighted by Gasteiger charge is 2.54. The molecule has 1 aromatic heterocycles. The summed E-state index contributed by atoms with van der Waals surface area (Å²) < 4.78 is 7.29. The Morgan fingerprint density at radius 3 is 2.65 bits per heavy atom. The van der Waals surface area contributed by atoms with Gasteiger partial charge in [0.15, 0.2) is 0 Å². The van der Waals surface area contributed by atoms with Gasteiger partial charge in [0, 0.05) is 51.0 Å². The molecule has 0 spiro atoms. The van der Waals surface area contributed by atoms with Crippen molar-refractivity contribution in [2.75, 3.05) is 39.4 Å². The highest BCUT2D eigenvalue weighted by Crippen LogP contribution is 2.48. The molecule has 2 aliphatic heterocycles. The third-order valence-electron chi connectivity index (χ3n) is 7.93. The minimum atomic E-state index is -0.462. The van der Waals surface area contributed by atoms with Crippen molar-refractivity contribution in [3.63, 3.8) is 0 Å². The second kappa shape index (κ2) is 10.9. The monoisotopic (exact) mass is 475 g/mol. The molecule has 1 aromatic rings. The summed E-state index contributed by atoms with van der Waals surface area (Å²) in [5.41, 5.74) is 0.164. The van der Waals surface area contributed by atoms with Crippen molar-refractivity contribution in [3.05, 3.63) is 18.0 Å². The van der Waals surface area contributed by atoms with Gasteiger partial charge in [-0.1, -0.05) is 0 Å². The number of ether oxygens (including phenoxy) is 1. The molecule has 2 aliphatic carbocycles. The van der Waals surface area contributed by atoms with Crippen LogP contribution in [0.5, 0.6) is 0 Å². The maximum atomic E-state index is 13.6. The molecule has 3 atom stereocenters. The van der Waals surface area contributed by atoms with Gasteiger partial charge < -0.3 is 20.1 Å². The Morgan fingerprint density at radius 1 is 1.24 bits per heavy atom. The first kappa shape index (κ1) is 24.7. The Morgan fingerprint density at radius 2 is 1.97 bits per heavy atom. The number of aryl methyl sites for hydroxylation is 1. The lowest BCUT2D eigenvalue weighted by molar-refractivity contribution is -0.143. The Bertz CT molecular complexity index is 866. The number of carbonyl (C=O) groups is 3. The van der Waals surface area contributed by atoms with Crippen LogP contribution in [0.4, 0.5) is 0 Å². The van der Waals surface area contributed by atoms with E-state index in [0.29, 0.717) is 43.3 Å². The zero-order valence-corrected chi connectivity index (χ0v) is 20.0. The number of amides is 2. The third kappa shape index (κ3) is 5.12. The van der Waals surface area contributed by atoms with Crippen molar-refractivity contribution in [1.29, 1.82) is 0 Å². The van der Waals surface area contributed by atoms with Gasteiger partial charge >= 0.3 is 0 Å². The topological polar surface area (TPSA) is 117 Å². The summed E-state index contributed by atoms with van der Waals surface area (Å²) in [5, 5.41) is 14.5. The van der Waals surface area contributed by atoms with E-state index in [9.17, 15) is 9.59 Å². The second-order valence-electron chi connectivity index (χ2n) is 9.83. The van der Waals surface area contributed by atoms with Crippen molar-refractivity contribution in [3.8, 4) is 0 Å². The van der Waals surface area contributed by atoms with Crippen LogP contribution >= 0.6 is 0 Å². The number of carboxylic acid groups (broad SMARTS) is 1. The van der Waals surface area contributed by atoms with Crippen LogP contribution in [-0.2, 0) is 20.9 Å². The fourth-order valence-electron chi connectivity index (χ4n) is 5.94. The zero-order valence-electron chi connectivity index (χ0n) is 20.0. The lowest BCUT2D eigenvalue weighted by atomic mass is 9.60. The highest BCUT2D eigenvalue weighted by atomic mass is 16.5. The molecule has 34 heavy (non-hydrogen) atoms. The van der Waals surface area contributed by atoms with Crippen molar-refractivity contribution < 1.29 is 24.2 Å². The number of fused-ring (bicyclic) bond motifs is 1. The number of carbonyl (C=O) groups excluding carboxylic acids is 2. The Hall–Kier alpha value is -2.46. The number of rotatable bonds is 5. The van der Waals surface area contributed by atoms with Crippen molar-refractivity contribution >= 4 is 18.3 Å². The SMILES string of the molecule is CCn1nccc1C(=O)N1CC[C@@H]2C[C@H](N3CCOCC3)CC[C@@]2(C(=O)NC2CC2)C1.O=CO. The average Bonchev–Trinajstić information content (AvgIpc) is 3.55. The number of hydrogen-bond donors (Lipinski definition) is 2. The van der Waals surface area contributed by atoms with Gasteiger partial charge in [0.1, 0.15) is 5.69 Å². The molecule has 2 amide bonds. The van der Waals surface area contributed by atoms with E-state index in [-0.39, 0.29) is 18.3 Å². The zero-order chi connectivity index (χ0) is 24.1. The van der Waals surface area contributed by atoms with E-state index >= 15 is 0 Å². The van der Waals surface area contributed by atoms with Crippen molar-refractivity contribution in [1.82, 2.24) is 24.9 Å². The molecule has 2 N–H and O–H groups in total. The lowest BCUT2D eigenvalue weighted by Gasteiger charge is -2.53. The molecule has 10 nitrogen and oxygen atoms in total. The Labute approximate surface area is 200 Å². The minimum Gasteiger partial charge on any atom is -0.483 e. The van der Waals surface area contributed by atoms with Gasteiger partial charge in [-0.3, -0.25) is 24.0 Å². The van der Waals surface area contributed by atoms with Crippen LogP contribution in [0.1, 0.15) is 55.9 Å². The predicted octanol–water partition coefficient (Wildman–Crippen LogP) is 1.22. The first-order valence-corrected chi connectivity index (χ1v) is 12.5. The van der Waals surface area contributed by atoms with Gasteiger partial charge in [0.05, 0.1) is 18.6 Å². The Balaban J connectivity index is 0.000000868. The van der Waals surface area contributed by atoms with Gasteiger partial charge in [0.25, 0.3) is 12.4 Å². The maximum absolute atomic E-state index is 13.6. The summed E-state index contributed by atoms with van der Waals surface area (Å²) in [5.74, 6) is 0.515. The van der Waals surface area contributed by atoms with Crippen LogP contribution in [0.3, 0.4) is 0 Å². The number of piperidine rings is 1. The van der Waals surface area contributed by atoms with E-state index in [1.54, 1.807) is 16.9 Å². The molecule has 2 saturated heterocycles. The van der Waals surface area contributed by atoms with Crippen molar-refractivity contribution in [2.24, 2.45) is 11.3 Å². The number of nitrogens with zero attached hydrogens (tertiary/aromatic N) is 4. The quantitative estimate of drug-likeness (QED) is 0.615. The first-order valence-electron chi connectivity index (χ1n) is 12.5. The number of hydrogen-bond acceptors (Lipinski definition) is 6. The fourth-order valence-corrected chi connectivity index (χ4v) is 5.94. The van der Waals surface area contributed by atoms with Gasteiger partial charge in [-0.25, -0.2) is 0 Å². The predicted molar refractivity (Wildman–Crippen MR) is 124 cm³/mol. The standard InChI is InChI=1S/C23H35N5O3.CH2O2/c1-2-28-20(6-9-24-28)21(29)27-10-7-17-15-19(26-11-13-31-14-12-26)5-8-23(17,16-27)22(30)25-18-3-4-18;2-1-3/h6,9,17-19H,2-5,7-8,10-16H2,1H3,(H,25,30);1H,(H,2,3)/t17-,19-,23-;/m1./s1. The molecule has 4 fully saturated rings. The molecule has 188 valence electrons. The molecule has 5 rings (SSSR count). The minimum absolute atomic E-state index is 0.00620. The van der Waals surface area contributed by atoms with Crippen LogP contribution in [0.25, 0.3) is 0 Å². The van der Waals surface area contributed by atoms with Gasteiger partial charge in [-0.15, -0.1) is 0 Å². The Kier molecular flexibility index (Phi) is 7.88. The lowest BCUT2D eigenvalue weighted by Crippen LogP contribution is -2.61. The molecule has 4 aliphatic rings. The van der Waals surface area contributed by atoms with E-state index in [1.807, 2.05) is 11.8 Å². The summed E-state index contributed by atoms with van der Waals surface area (Å²) in [7, 11) is 0. The number of morpholine rings is 1. The molecule has 0 bridgehead atoms. The fraction of sp³-hybridized carbons (Fsp3) is 0.750. The normalized spacial score (nSPS) is 29.4. The molecule has 10 heteroatoms. The summed E-state index contributed by atoms with van der Waals surface area (Å²) in [4.78, 5) is 39.7. The molecule has 0 radical (unpaired) electrons. The largest absolute Gasteiger partial charge is 0.483 e. The summed E-state index contributed by atoms with van der Waals surface area (Å²) >= 11 is 0. The van der Waals surface area contributed by atoms with Crippen LogP contribution in [0.2, 0.25) is 0 Å². The summed E-state index contributed by atoms with van der Waals surface area (Å²) in [6, 6.07) is 2.66. The third-order valence-corrected chi connectivity index (χ3v) is 7.93.